The molecule has 0 saturated carbocycles. The Labute approximate surface area is 164 Å². The van der Waals surface area contributed by atoms with Gasteiger partial charge in [0, 0.05) is 30.6 Å². The number of morpholine rings is 1. The van der Waals surface area contributed by atoms with Gasteiger partial charge in [-0.2, -0.15) is 5.26 Å². The summed E-state index contributed by atoms with van der Waals surface area (Å²) in [6.45, 7) is 10.6. The summed E-state index contributed by atoms with van der Waals surface area (Å²) in [6.07, 6.45) is 0. The van der Waals surface area contributed by atoms with Gasteiger partial charge >= 0.3 is 0 Å². The van der Waals surface area contributed by atoms with E-state index < -0.39 is 5.54 Å². The van der Waals surface area contributed by atoms with Gasteiger partial charge in [0.15, 0.2) is 0 Å². The zero-order valence-corrected chi connectivity index (χ0v) is 17.0. The molecule has 0 aromatic carbocycles. The van der Waals surface area contributed by atoms with Gasteiger partial charge in [-0.3, -0.25) is 0 Å². The second-order valence-electron chi connectivity index (χ2n) is 7.07. The number of pyridine rings is 1. The number of hydrogen-bond donors (Lipinski definition) is 1. The topological polar surface area (TPSA) is 87.2 Å². The highest BCUT2D eigenvalue weighted by Crippen LogP contribution is 2.28. The van der Waals surface area contributed by atoms with E-state index in [1.54, 1.807) is 0 Å². The van der Waals surface area contributed by atoms with Crippen LogP contribution in [0, 0.1) is 25.2 Å². The highest BCUT2D eigenvalue weighted by molar-refractivity contribution is 7.98. The summed E-state index contributed by atoms with van der Waals surface area (Å²) in [5.41, 5.74) is 2.21. The largest absolute Gasteiger partial charge is 0.437 e. The Kier molecular flexibility index (Phi) is 5.92. The minimum atomic E-state index is -0.697. The summed E-state index contributed by atoms with van der Waals surface area (Å²) < 4.78 is 11.1. The van der Waals surface area contributed by atoms with E-state index in [2.05, 4.69) is 27.3 Å². The van der Waals surface area contributed by atoms with Crippen LogP contribution < -0.4 is 10.2 Å². The zero-order chi connectivity index (χ0) is 19.4. The van der Waals surface area contributed by atoms with Crippen molar-refractivity contribution in [1.29, 1.82) is 5.26 Å². The lowest BCUT2D eigenvalue weighted by atomic mass is 10.1. The Morgan fingerprint density at radius 1 is 1.26 bits per heavy atom. The highest BCUT2D eigenvalue weighted by Gasteiger charge is 2.19. The molecule has 1 N–H and O–H groups in total. The molecule has 1 saturated heterocycles. The Morgan fingerprint density at radius 3 is 2.63 bits per heavy atom. The minimum absolute atomic E-state index is 0.638. The fraction of sp³-hybridized carbons (Fsp3) is 0.526. The van der Waals surface area contributed by atoms with Crippen LogP contribution in [-0.2, 0) is 10.5 Å². The van der Waals surface area contributed by atoms with Crippen LogP contribution in [0.15, 0.2) is 21.8 Å². The fourth-order valence-corrected chi connectivity index (χ4v) is 3.51. The quantitative estimate of drug-likeness (QED) is 0.753. The van der Waals surface area contributed by atoms with Gasteiger partial charge in [0.1, 0.15) is 17.1 Å². The first-order valence-electron chi connectivity index (χ1n) is 8.96. The summed E-state index contributed by atoms with van der Waals surface area (Å²) >= 11 is 1.52. The van der Waals surface area contributed by atoms with Gasteiger partial charge in [-0.25, -0.2) is 9.97 Å². The molecule has 0 spiro atoms. The number of aromatic nitrogens is 2. The molecule has 3 rings (SSSR count). The van der Waals surface area contributed by atoms with E-state index in [0.717, 1.165) is 35.9 Å². The van der Waals surface area contributed by atoms with Crippen molar-refractivity contribution in [1.82, 2.24) is 9.97 Å². The maximum absolute atomic E-state index is 9.33. The summed E-state index contributed by atoms with van der Waals surface area (Å²) in [6, 6.07) is 6.35. The Morgan fingerprint density at radius 2 is 2.00 bits per heavy atom. The van der Waals surface area contributed by atoms with Crippen molar-refractivity contribution < 1.29 is 9.15 Å². The van der Waals surface area contributed by atoms with Gasteiger partial charge in [-0.05, 0) is 33.8 Å². The Hall–Kier alpha value is -2.24. The fourth-order valence-electron chi connectivity index (χ4n) is 2.70. The molecular weight excluding hydrogens is 362 g/mol. The monoisotopic (exact) mass is 387 g/mol. The number of hydrogen-bond acceptors (Lipinski definition) is 8. The van der Waals surface area contributed by atoms with E-state index in [9.17, 15) is 5.26 Å². The van der Waals surface area contributed by atoms with Gasteiger partial charge < -0.3 is 19.4 Å². The lowest BCUT2D eigenvalue weighted by molar-refractivity contribution is 0.122. The van der Waals surface area contributed by atoms with E-state index in [4.69, 9.17) is 14.1 Å². The molecule has 3 heterocycles. The molecule has 2 aromatic heterocycles. The van der Waals surface area contributed by atoms with E-state index in [1.807, 2.05) is 33.8 Å². The smallest absolute Gasteiger partial charge is 0.256 e. The summed E-state index contributed by atoms with van der Waals surface area (Å²) in [5, 5.41) is 13.2. The average molecular weight is 388 g/mol. The second kappa shape index (κ2) is 8.19. The molecule has 144 valence electrons. The molecule has 0 amide bonds. The highest BCUT2D eigenvalue weighted by atomic mass is 32.2. The summed E-state index contributed by atoms with van der Waals surface area (Å²) in [5.74, 6) is 2.17. The number of rotatable bonds is 6. The van der Waals surface area contributed by atoms with Gasteiger partial charge in [0.2, 0.25) is 0 Å². The lowest BCUT2D eigenvalue weighted by Crippen LogP contribution is -2.36. The number of thioether (sulfide) groups is 1. The van der Waals surface area contributed by atoms with Crippen molar-refractivity contribution in [2.75, 3.05) is 36.5 Å². The van der Waals surface area contributed by atoms with Gasteiger partial charge in [-0.1, -0.05) is 11.8 Å². The molecule has 2 aromatic rings. The number of aryl methyl sites for hydroxylation is 2. The molecule has 0 atom stereocenters. The van der Waals surface area contributed by atoms with Gasteiger partial charge in [-0.15, -0.1) is 0 Å². The Bertz CT molecular complexity index is 818. The molecule has 0 radical (unpaired) electrons. The van der Waals surface area contributed by atoms with Crippen molar-refractivity contribution in [3.05, 3.63) is 29.3 Å². The van der Waals surface area contributed by atoms with Crippen molar-refractivity contribution in [2.24, 2.45) is 0 Å². The van der Waals surface area contributed by atoms with Crippen LogP contribution in [-0.4, -0.2) is 41.8 Å². The summed E-state index contributed by atoms with van der Waals surface area (Å²) in [7, 11) is 0. The number of nitriles is 1. The normalized spacial score (nSPS) is 14.9. The van der Waals surface area contributed by atoms with Crippen LogP contribution in [0.3, 0.4) is 0 Å². The Balaban J connectivity index is 1.83. The number of nitrogens with zero attached hydrogens (tertiary/aromatic N) is 4. The number of oxazole rings is 1. The second-order valence-corrected chi connectivity index (χ2v) is 8.00. The van der Waals surface area contributed by atoms with Crippen LogP contribution in [0.4, 0.5) is 11.5 Å². The maximum Gasteiger partial charge on any atom is 0.256 e. The summed E-state index contributed by atoms with van der Waals surface area (Å²) in [4.78, 5) is 11.4. The van der Waals surface area contributed by atoms with Crippen LogP contribution in [0.2, 0.25) is 0 Å². The molecule has 0 aliphatic carbocycles. The third-order valence-electron chi connectivity index (χ3n) is 4.31. The van der Waals surface area contributed by atoms with Crippen LogP contribution in [0.5, 0.6) is 0 Å². The molecule has 1 aliphatic rings. The van der Waals surface area contributed by atoms with Crippen molar-refractivity contribution >= 4 is 23.3 Å². The van der Waals surface area contributed by atoms with Crippen molar-refractivity contribution in [3.8, 4) is 6.07 Å². The molecule has 8 heteroatoms. The molecule has 27 heavy (non-hydrogen) atoms. The predicted octanol–water partition coefficient (Wildman–Crippen LogP) is 3.53. The zero-order valence-electron chi connectivity index (χ0n) is 16.2. The van der Waals surface area contributed by atoms with Gasteiger partial charge in [0.25, 0.3) is 5.22 Å². The first-order chi connectivity index (χ1) is 12.9. The molecule has 1 aliphatic heterocycles. The van der Waals surface area contributed by atoms with Crippen LogP contribution in [0.1, 0.15) is 31.0 Å². The third-order valence-corrected chi connectivity index (χ3v) is 5.17. The first-order valence-corrected chi connectivity index (χ1v) is 9.95. The van der Waals surface area contributed by atoms with E-state index >= 15 is 0 Å². The van der Waals surface area contributed by atoms with Crippen molar-refractivity contribution in [3.63, 3.8) is 0 Å². The maximum atomic E-state index is 9.33. The van der Waals surface area contributed by atoms with Crippen molar-refractivity contribution in [2.45, 2.75) is 44.2 Å². The minimum Gasteiger partial charge on any atom is -0.437 e. The predicted molar refractivity (Wildman–Crippen MR) is 106 cm³/mol. The van der Waals surface area contributed by atoms with E-state index in [-0.39, 0.29) is 0 Å². The number of nitrogens with one attached hydrogen (secondary N) is 1. The average Bonchev–Trinajstić information content (AvgIpc) is 2.98. The molecule has 7 nitrogen and oxygen atoms in total. The van der Waals surface area contributed by atoms with Gasteiger partial charge in [0.05, 0.1) is 30.7 Å². The first kappa shape index (κ1) is 19.5. The SMILES string of the molecule is Cc1nc(SCc2cc(N3CCOCC3)cc(NC(C)(C)C#N)n2)oc1C. The number of anilines is 2. The molecule has 0 unspecified atom stereocenters. The lowest BCUT2D eigenvalue weighted by Gasteiger charge is -2.30. The van der Waals surface area contributed by atoms with Crippen LogP contribution in [0.25, 0.3) is 0 Å². The van der Waals surface area contributed by atoms with E-state index in [0.29, 0.717) is 30.0 Å². The number of ether oxygens (including phenoxy) is 1. The van der Waals surface area contributed by atoms with E-state index in [1.165, 1.54) is 11.8 Å². The van der Waals surface area contributed by atoms with Crippen LogP contribution >= 0.6 is 11.8 Å². The third kappa shape index (κ3) is 5.15. The standard InChI is InChI=1S/C19H25N5O2S/c1-13-14(2)26-18(21-13)27-11-15-9-16(24-5-7-25-8-6-24)10-17(22-15)23-19(3,4)12-20/h9-10H,5-8,11H2,1-4H3,(H,22,23). The molecular formula is C19H25N5O2S. The molecule has 1 fully saturated rings. The molecule has 0 bridgehead atoms.